The molecule has 0 saturated carbocycles. The minimum absolute atomic E-state index is 0.599. The van der Waals surface area contributed by atoms with E-state index < -0.39 is 0 Å². The second kappa shape index (κ2) is 4.76. The third kappa shape index (κ3) is 2.49. The number of halogens is 1. The van der Waals surface area contributed by atoms with Gasteiger partial charge in [-0.05, 0) is 36.8 Å². The molecule has 16 heavy (non-hydrogen) atoms. The second-order valence-corrected chi connectivity index (χ2v) is 4.95. The first-order valence-corrected chi connectivity index (χ1v) is 6.00. The number of nitrogen functional groups attached to an aromatic ring is 1. The normalized spacial score (nSPS) is 10.4. The van der Waals surface area contributed by atoms with E-state index in [4.69, 9.17) is 17.3 Å². The molecule has 1 heterocycles. The average Bonchev–Trinajstić information content (AvgIpc) is 2.27. The van der Waals surface area contributed by atoms with Crippen LogP contribution in [0.3, 0.4) is 0 Å². The molecule has 0 atom stereocenters. The van der Waals surface area contributed by atoms with Crippen molar-refractivity contribution in [2.75, 3.05) is 5.73 Å². The number of pyridine rings is 1. The predicted octanol–water partition coefficient (Wildman–Crippen LogP) is 3.78. The van der Waals surface area contributed by atoms with E-state index in [2.05, 4.69) is 4.98 Å². The lowest BCUT2D eigenvalue weighted by Crippen LogP contribution is -1.89. The van der Waals surface area contributed by atoms with Crippen LogP contribution in [0.2, 0.25) is 5.02 Å². The summed E-state index contributed by atoms with van der Waals surface area (Å²) in [5.41, 5.74) is 7.48. The fourth-order valence-corrected chi connectivity index (χ4v) is 2.47. The molecule has 0 aliphatic rings. The number of hydrogen-bond acceptors (Lipinski definition) is 3. The van der Waals surface area contributed by atoms with E-state index in [-0.39, 0.29) is 0 Å². The largest absolute Gasteiger partial charge is 0.398 e. The molecule has 0 aliphatic heterocycles. The van der Waals surface area contributed by atoms with E-state index in [1.54, 1.807) is 24.2 Å². The summed E-state index contributed by atoms with van der Waals surface area (Å²) in [6.45, 7) is 2.02. The first kappa shape index (κ1) is 11.3. The number of aromatic nitrogens is 1. The maximum atomic E-state index is 6.00. The van der Waals surface area contributed by atoms with Crippen LogP contribution in [0.15, 0.2) is 46.5 Å². The third-order valence-corrected chi connectivity index (χ3v) is 3.67. The standard InChI is InChI=1S/C12H11ClN2S/c1-8-6-11(14)10(13)7-12(8)16-9-2-4-15-5-3-9/h2-7H,14H2,1H3. The Morgan fingerprint density at radius 3 is 2.62 bits per heavy atom. The van der Waals surface area contributed by atoms with Gasteiger partial charge < -0.3 is 5.73 Å². The van der Waals surface area contributed by atoms with Gasteiger partial charge in [0.1, 0.15) is 0 Å². The van der Waals surface area contributed by atoms with E-state index in [1.807, 2.05) is 31.2 Å². The summed E-state index contributed by atoms with van der Waals surface area (Å²) in [5.74, 6) is 0. The molecule has 2 aromatic rings. The summed E-state index contributed by atoms with van der Waals surface area (Å²) in [6.07, 6.45) is 3.55. The van der Waals surface area contributed by atoms with Gasteiger partial charge in [-0.1, -0.05) is 23.4 Å². The number of aryl methyl sites for hydroxylation is 1. The highest BCUT2D eigenvalue weighted by atomic mass is 35.5. The van der Waals surface area contributed by atoms with Gasteiger partial charge in [0.2, 0.25) is 0 Å². The van der Waals surface area contributed by atoms with Crippen LogP contribution in [0.5, 0.6) is 0 Å². The van der Waals surface area contributed by atoms with Crippen LogP contribution in [0.1, 0.15) is 5.56 Å². The van der Waals surface area contributed by atoms with Crippen LogP contribution in [0, 0.1) is 6.92 Å². The van der Waals surface area contributed by atoms with Crippen molar-refractivity contribution in [2.24, 2.45) is 0 Å². The Kier molecular flexibility index (Phi) is 3.36. The van der Waals surface area contributed by atoms with Crippen LogP contribution in [-0.2, 0) is 0 Å². The SMILES string of the molecule is Cc1cc(N)c(Cl)cc1Sc1ccncc1. The van der Waals surface area contributed by atoms with Gasteiger partial charge in [0, 0.05) is 22.2 Å². The highest BCUT2D eigenvalue weighted by Gasteiger charge is 2.05. The third-order valence-electron chi connectivity index (χ3n) is 2.17. The van der Waals surface area contributed by atoms with E-state index in [9.17, 15) is 0 Å². The van der Waals surface area contributed by atoms with Crippen molar-refractivity contribution in [3.8, 4) is 0 Å². The Bertz CT molecular complexity index is 500. The van der Waals surface area contributed by atoms with E-state index in [0.29, 0.717) is 10.7 Å². The van der Waals surface area contributed by atoms with E-state index >= 15 is 0 Å². The highest BCUT2D eigenvalue weighted by molar-refractivity contribution is 7.99. The molecule has 0 spiro atoms. The summed E-state index contributed by atoms with van der Waals surface area (Å²) in [5, 5.41) is 0.599. The summed E-state index contributed by atoms with van der Waals surface area (Å²) in [6, 6.07) is 7.73. The molecule has 0 aliphatic carbocycles. The molecule has 0 radical (unpaired) electrons. The van der Waals surface area contributed by atoms with Crippen LogP contribution in [0.4, 0.5) is 5.69 Å². The topological polar surface area (TPSA) is 38.9 Å². The molecule has 2 rings (SSSR count). The second-order valence-electron chi connectivity index (χ2n) is 3.42. The number of rotatable bonds is 2. The van der Waals surface area contributed by atoms with Gasteiger partial charge in [-0.2, -0.15) is 0 Å². The van der Waals surface area contributed by atoms with Gasteiger partial charge in [0.05, 0.1) is 10.7 Å². The quantitative estimate of drug-likeness (QED) is 0.825. The lowest BCUT2D eigenvalue weighted by Gasteiger charge is -2.07. The zero-order valence-corrected chi connectivity index (χ0v) is 10.3. The van der Waals surface area contributed by atoms with Crippen LogP contribution in [-0.4, -0.2) is 4.98 Å². The van der Waals surface area contributed by atoms with Gasteiger partial charge in [-0.15, -0.1) is 0 Å². The molecule has 0 fully saturated rings. The van der Waals surface area contributed by atoms with Gasteiger partial charge >= 0.3 is 0 Å². The molecule has 1 aromatic heterocycles. The molecule has 0 unspecified atom stereocenters. The van der Waals surface area contributed by atoms with Crippen molar-refractivity contribution in [2.45, 2.75) is 16.7 Å². The summed E-state index contributed by atoms with van der Waals surface area (Å²) < 4.78 is 0. The summed E-state index contributed by atoms with van der Waals surface area (Å²) >= 11 is 7.66. The van der Waals surface area contributed by atoms with Crippen molar-refractivity contribution < 1.29 is 0 Å². The van der Waals surface area contributed by atoms with Crippen molar-refractivity contribution in [3.63, 3.8) is 0 Å². The van der Waals surface area contributed by atoms with Gasteiger partial charge in [0.25, 0.3) is 0 Å². The summed E-state index contributed by atoms with van der Waals surface area (Å²) in [7, 11) is 0. The number of anilines is 1. The van der Waals surface area contributed by atoms with E-state index in [0.717, 1.165) is 15.4 Å². The molecular weight excluding hydrogens is 240 g/mol. The minimum atomic E-state index is 0.599. The summed E-state index contributed by atoms with van der Waals surface area (Å²) in [4.78, 5) is 6.24. The van der Waals surface area contributed by atoms with Crippen molar-refractivity contribution in [3.05, 3.63) is 47.2 Å². The number of benzene rings is 1. The van der Waals surface area contributed by atoms with Gasteiger partial charge in [-0.3, -0.25) is 4.98 Å². The zero-order chi connectivity index (χ0) is 11.5. The van der Waals surface area contributed by atoms with Crippen LogP contribution in [0.25, 0.3) is 0 Å². The van der Waals surface area contributed by atoms with Crippen molar-refractivity contribution in [1.29, 1.82) is 0 Å². The molecule has 82 valence electrons. The molecule has 0 amide bonds. The Hall–Kier alpha value is -1.19. The Labute approximate surface area is 104 Å². The maximum Gasteiger partial charge on any atom is 0.0646 e. The number of hydrogen-bond donors (Lipinski definition) is 1. The van der Waals surface area contributed by atoms with E-state index in [1.165, 1.54) is 0 Å². The maximum absolute atomic E-state index is 6.00. The molecular formula is C12H11ClN2S. The Morgan fingerprint density at radius 1 is 1.25 bits per heavy atom. The van der Waals surface area contributed by atoms with Gasteiger partial charge in [-0.25, -0.2) is 0 Å². The van der Waals surface area contributed by atoms with Crippen LogP contribution >= 0.6 is 23.4 Å². The van der Waals surface area contributed by atoms with Crippen molar-refractivity contribution >= 4 is 29.1 Å². The monoisotopic (exact) mass is 250 g/mol. The molecule has 2 N–H and O–H groups in total. The fraction of sp³-hybridized carbons (Fsp3) is 0.0833. The molecule has 4 heteroatoms. The van der Waals surface area contributed by atoms with Gasteiger partial charge in [0.15, 0.2) is 0 Å². The Balaban J connectivity index is 2.32. The van der Waals surface area contributed by atoms with Crippen LogP contribution < -0.4 is 5.73 Å². The average molecular weight is 251 g/mol. The molecule has 1 aromatic carbocycles. The Morgan fingerprint density at radius 2 is 1.94 bits per heavy atom. The predicted molar refractivity (Wildman–Crippen MR) is 69.0 cm³/mol. The molecule has 0 bridgehead atoms. The highest BCUT2D eigenvalue weighted by Crippen LogP contribution is 2.34. The number of nitrogens with two attached hydrogens (primary N) is 1. The fourth-order valence-electron chi connectivity index (χ4n) is 1.33. The molecule has 2 nitrogen and oxygen atoms in total. The first-order valence-electron chi connectivity index (χ1n) is 4.80. The number of nitrogens with zero attached hydrogens (tertiary/aromatic N) is 1. The first-order chi connectivity index (χ1) is 7.66. The zero-order valence-electron chi connectivity index (χ0n) is 8.77. The lowest BCUT2D eigenvalue weighted by molar-refractivity contribution is 1.25. The van der Waals surface area contributed by atoms with Crippen molar-refractivity contribution in [1.82, 2.24) is 4.98 Å². The smallest absolute Gasteiger partial charge is 0.0646 e. The lowest BCUT2D eigenvalue weighted by atomic mass is 10.2. The minimum Gasteiger partial charge on any atom is -0.398 e. The molecule has 0 saturated heterocycles.